The Labute approximate surface area is 84.6 Å². The number of aryl methyl sites for hydroxylation is 2. The van der Waals surface area contributed by atoms with Crippen molar-refractivity contribution < 1.29 is 0 Å². The molecule has 1 heterocycles. The van der Waals surface area contributed by atoms with Gasteiger partial charge in [-0.1, -0.05) is 0 Å². The van der Waals surface area contributed by atoms with Crippen LogP contribution in [0.2, 0.25) is 0 Å². The number of aromatic nitrogens is 1. The fraction of sp³-hybridized carbons (Fsp3) is 0.545. The molecule has 1 aromatic heterocycles. The summed E-state index contributed by atoms with van der Waals surface area (Å²) in [6.07, 6.45) is 3.76. The van der Waals surface area contributed by atoms with E-state index in [9.17, 15) is 4.79 Å². The fourth-order valence-corrected chi connectivity index (χ4v) is 1.38. The van der Waals surface area contributed by atoms with Crippen molar-refractivity contribution in [3.63, 3.8) is 0 Å². The SMILES string of the molecule is Cc1ccn(CCCC(C)N)c(=O)c1. The van der Waals surface area contributed by atoms with Gasteiger partial charge in [-0.15, -0.1) is 0 Å². The minimum absolute atomic E-state index is 0.0784. The number of nitrogens with zero attached hydrogens (tertiary/aromatic N) is 1. The summed E-state index contributed by atoms with van der Waals surface area (Å²) in [5, 5.41) is 0. The second-order valence-electron chi connectivity index (χ2n) is 3.86. The van der Waals surface area contributed by atoms with Crippen molar-refractivity contribution in [3.8, 4) is 0 Å². The van der Waals surface area contributed by atoms with Gasteiger partial charge < -0.3 is 10.3 Å². The smallest absolute Gasteiger partial charge is 0.250 e. The van der Waals surface area contributed by atoms with Crippen LogP contribution in [0, 0.1) is 6.92 Å². The summed E-state index contributed by atoms with van der Waals surface area (Å²) in [4.78, 5) is 11.4. The van der Waals surface area contributed by atoms with Gasteiger partial charge in [-0.2, -0.15) is 0 Å². The summed E-state index contributed by atoms with van der Waals surface area (Å²) in [6, 6.07) is 3.83. The van der Waals surface area contributed by atoms with Crippen molar-refractivity contribution in [1.29, 1.82) is 0 Å². The van der Waals surface area contributed by atoms with E-state index in [2.05, 4.69) is 0 Å². The van der Waals surface area contributed by atoms with Crippen LogP contribution in [-0.2, 0) is 6.54 Å². The van der Waals surface area contributed by atoms with Crippen LogP contribution in [0.3, 0.4) is 0 Å². The van der Waals surface area contributed by atoms with Crippen LogP contribution in [0.25, 0.3) is 0 Å². The molecule has 1 aromatic rings. The Kier molecular flexibility index (Phi) is 3.89. The largest absolute Gasteiger partial charge is 0.328 e. The van der Waals surface area contributed by atoms with Gasteiger partial charge in [0.15, 0.2) is 0 Å². The second kappa shape index (κ2) is 4.96. The molecule has 0 aliphatic carbocycles. The van der Waals surface area contributed by atoms with E-state index in [1.165, 1.54) is 0 Å². The van der Waals surface area contributed by atoms with Crippen LogP contribution >= 0.6 is 0 Å². The van der Waals surface area contributed by atoms with Crippen LogP contribution < -0.4 is 11.3 Å². The van der Waals surface area contributed by atoms with Crippen LogP contribution in [0.5, 0.6) is 0 Å². The third-order valence-corrected chi connectivity index (χ3v) is 2.21. The predicted octanol–water partition coefficient (Wildman–Crippen LogP) is 1.28. The summed E-state index contributed by atoms with van der Waals surface area (Å²) >= 11 is 0. The molecule has 0 saturated carbocycles. The van der Waals surface area contributed by atoms with E-state index in [4.69, 9.17) is 5.73 Å². The average Bonchev–Trinajstić information content (AvgIpc) is 2.08. The molecule has 1 unspecified atom stereocenters. The molecule has 14 heavy (non-hydrogen) atoms. The van der Waals surface area contributed by atoms with Crippen LogP contribution in [0.4, 0.5) is 0 Å². The first kappa shape index (κ1) is 11.0. The Balaban J connectivity index is 2.55. The predicted molar refractivity (Wildman–Crippen MR) is 58.3 cm³/mol. The normalized spacial score (nSPS) is 12.8. The summed E-state index contributed by atoms with van der Waals surface area (Å²) in [6.45, 7) is 4.67. The van der Waals surface area contributed by atoms with Gasteiger partial charge in [-0.25, -0.2) is 0 Å². The van der Waals surface area contributed by atoms with Crippen molar-refractivity contribution in [2.75, 3.05) is 0 Å². The number of pyridine rings is 1. The minimum Gasteiger partial charge on any atom is -0.328 e. The molecule has 0 aliphatic heterocycles. The topological polar surface area (TPSA) is 48.0 Å². The third-order valence-electron chi connectivity index (χ3n) is 2.21. The first-order chi connectivity index (χ1) is 6.59. The summed E-state index contributed by atoms with van der Waals surface area (Å²) in [7, 11) is 0. The summed E-state index contributed by atoms with van der Waals surface area (Å²) in [5.74, 6) is 0. The molecule has 0 aromatic carbocycles. The van der Waals surface area contributed by atoms with E-state index in [-0.39, 0.29) is 11.6 Å². The highest BCUT2D eigenvalue weighted by Gasteiger charge is 1.97. The highest BCUT2D eigenvalue weighted by atomic mass is 16.1. The molecule has 1 rings (SSSR count). The lowest BCUT2D eigenvalue weighted by Gasteiger charge is -2.07. The van der Waals surface area contributed by atoms with E-state index in [0.717, 1.165) is 24.9 Å². The molecule has 0 radical (unpaired) electrons. The van der Waals surface area contributed by atoms with Gasteiger partial charge in [-0.3, -0.25) is 4.79 Å². The lowest BCUT2D eigenvalue weighted by Crippen LogP contribution is -2.21. The lowest BCUT2D eigenvalue weighted by molar-refractivity contribution is 0.548. The second-order valence-corrected chi connectivity index (χ2v) is 3.86. The molecule has 78 valence electrons. The molecule has 0 aliphatic rings. The van der Waals surface area contributed by atoms with Crippen molar-refractivity contribution in [3.05, 3.63) is 34.2 Å². The van der Waals surface area contributed by atoms with Crippen LogP contribution in [0.15, 0.2) is 23.1 Å². The Morgan fingerprint density at radius 1 is 1.57 bits per heavy atom. The molecule has 0 amide bonds. The molecule has 2 N–H and O–H groups in total. The van der Waals surface area contributed by atoms with Gasteiger partial charge in [0.2, 0.25) is 0 Å². The highest BCUT2D eigenvalue weighted by Crippen LogP contribution is 1.97. The number of rotatable bonds is 4. The third kappa shape index (κ3) is 3.34. The maximum atomic E-state index is 11.4. The van der Waals surface area contributed by atoms with Crippen LogP contribution in [0.1, 0.15) is 25.3 Å². The highest BCUT2D eigenvalue weighted by molar-refractivity contribution is 5.07. The van der Waals surface area contributed by atoms with E-state index < -0.39 is 0 Å². The van der Waals surface area contributed by atoms with Crippen molar-refractivity contribution in [2.45, 2.75) is 39.3 Å². The van der Waals surface area contributed by atoms with Gasteiger partial charge in [0.1, 0.15) is 0 Å². The number of hydrogen-bond acceptors (Lipinski definition) is 2. The average molecular weight is 194 g/mol. The van der Waals surface area contributed by atoms with E-state index >= 15 is 0 Å². The molecule has 0 fully saturated rings. The first-order valence-electron chi connectivity index (χ1n) is 5.02. The zero-order chi connectivity index (χ0) is 10.6. The Morgan fingerprint density at radius 3 is 2.86 bits per heavy atom. The Morgan fingerprint density at radius 2 is 2.29 bits per heavy atom. The Bertz CT molecular complexity index is 341. The quantitative estimate of drug-likeness (QED) is 0.785. The van der Waals surface area contributed by atoms with Crippen molar-refractivity contribution in [1.82, 2.24) is 4.57 Å². The Hall–Kier alpha value is -1.09. The molecule has 3 heteroatoms. The molecule has 0 bridgehead atoms. The first-order valence-corrected chi connectivity index (χ1v) is 5.02. The molecule has 0 saturated heterocycles. The van der Waals surface area contributed by atoms with Crippen molar-refractivity contribution >= 4 is 0 Å². The zero-order valence-corrected chi connectivity index (χ0v) is 8.86. The molecule has 3 nitrogen and oxygen atoms in total. The summed E-state index contributed by atoms with van der Waals surface area (Å²) in [5.41, 5.74) is 6.72. The van der Waals surface area contributed by atoms with Gasteiger partial charge in [0, 0.05) is 24.8 Å². The molecular weight excluding hydrogens is 176 g/mol. The summed E-state index contributed by atoms with van der Waals surface area (Å²) < 4.78 is 1.73. The van der Waals surface area contributed by atoms with Gasteiger partial charge in [-0.05, 0) is 38.3 Å². The van der Waals surface area contributed by atoms with E-state index in [0.29, 0.717) is 0 Å². The lowest BCUT2D eigenvalue weighted by atomic mass is 10.2. The van der Waals surface area contributed by atoms with Gasteiger partial charge >= 0.3 is 0 Å². The maximum Gasteiger partial charge on any atom is 0.250 e. The maximum absolute atomic E-state index is 11.4. The number of nitrogens with two attached hydrogens (primary N) is 1. The molecular formula is C11H18N2O. The standard InChI is InChI=1S/C11H18N2O/c1-9-5-7-13(11(14)8-9)6-3-4-10(2)12/h5,7-8,10H,3-4,6,12H2,1-2H3. The van der Waals surface area contributed by atoms with E-state index in [1.807, 2.05) is 26.1 Å². The van der Waals surface area contributed by atoms with Gasteiger partial charge in [0.05, 0.1) is 0 Å². The minimum atomic E-state index is 0.0784. The van der Waals surface area contributed by atoms with Gasteiger partial charge in [0.25, 0.3) is 5.56 Å². The number of hydrogen-bond donors (Lipinski definition) is 1. The molecule has 1 atom stereocenters. The molecule has 0 spiro atoms. The monoisotopic (exact) mass is 194 g/mol. The van der Waals surface area contributed by atoms with E-state index in [1.54, 1.807) is 10.6 Å². The zero-order valence-electron chi connectivity index (χ0n) is 8.86. The fourth-order valence-electron chi connectivity index (χ4n) is 1.38. The van der Waals surface area contributed by atoms with Crippen LogP contribution in [-0.4, -0.2) is 10.6 Å². The van der Waals surface area contributed by atoms with Crippen molar-refractivity contribution in [2.24, 2.45) is 5.73 Å².